The third kappa shape index (κ3) is 7.13. The van der Waals surface area contributed by atoms with Gasteiger partial charge < -0.3 is 14.9 Å². The van der Waals surface area contributed by atoms with Crippen molar-refractivity contribution in [2.24, 2.45) is 5.41 Å². The number of hydrogen-bond donors (Lipinski definition) is 1. The molecule has 1 saturated carbocycles. The van der Waals surface area contributed by atoms with E-state index in [9.17, 15) is 23.1 Å². The number of halogens is 2. The smallest absolute Gasteiger partial charge is 0.304 e. The van der Waals surface area contributed by atoms with Crippen molar-refractivity contribution < 1.29 is 23.1 Å². The van der Waals surface area contributed by atoms with Gasteiger partial charge in [-0.2, -0.15) is 0 Å². The fourth-order valence-electron chi connectivity index (χ4n) is 6.30. The Hall–Kier alpha value is -2.17. The molecule has 0 unspecified atom stereocenters. The number of carbonyl (C=O) groups excluding carboxylic acids is 1. The topological polar surface area (TPSA) is 98.2 Å². The minimum Gasteiger partial charge on any atom is -0.481 e. The predicted molar refractivity (Wildman–Crippen MR) is 166 cm³/mol. The van der Waals surface area contributed by atoms with Gasteiger partial charge in [-0.3, -0.25) is 9.59 Å². The zero-order valence-electron chi connectivity index (χ0n) is 24.7. The lowest BCUT2D eigenvalue weighted by atomic mass is 9.64. The van der Waals surface area contributed by atoms with Crippen molar-refractivity contribution in [1.82, 2.24) is 14.1 Å². The number of piperidine rings is 1. The third-order valence-electron chi connectivity index (χ3n) is 8.71. The van der Waals surface area contributed by atoms with Crippen LogP contribution in [0.1, 0.15) is 68.5 Å². The molecule has 0 aromatic heterocycles. The first kappa shape index (κ1) is 32.7. The number of carbonyl (C=O) groups is 2. The summed E-state index contributed by atoms with van der Waals surface area (Å²) in [6.45, 7) is 2.58. The summed E-state index contributed by atoms with van der Waals surface area (Å²) in [6, 6.07) is 13.9. The fourth-order valence-corrected chi connectivity index (χ4v) is 8.25. The number of aliphatic carboxylic acids is 1. The number of hydrogen-bond acceptors (Lipinski definition) is 5. The number of nitrogens with zero attached hydrogens (tertiary/aromatic N) is 3. The summed E-state index contributed by atoms with van der Waals surface area (Å²) >= 11 is 12.7. The highest BCUT2D eigenvalue weighted by Gasteiger charge is 2.55. The van der Waals surface area contributed by atoms with Crippen LogP contribution in [-0.2, 0) is 19.6 Å². The molecule has 1 saturated heterocycles. The lowest BCUT2D eigenvalue weighted by molar-refractivity contribution is -0.163. The number of sulfonamides is 1. The zero-order chi connectivity index (χ0) is 30.8. The van der Waals surface area contributed by atoms with Crippen molar-refractivity contribution in [3.8, 4) is 0 Å². The van der Waals surface area contributed by atoms with Crippen LogP contribution in [0.3, 0.4) is 0 Å². The average molecular weight is 639 g/mol. The van der Waals surface area contributed by atoms with Gasteiger partial charge in [0.05, 0.1) is 23.1 Å². The second-order valence-electron chi connectivity index (χ2n) is 12.1. The van der Waals surface area contributed by atoms with E-state index in [2.05, 4.69) is 0 Å². The molecule has 42 heavy (non-hydrogen) atoms. The normalized spacial score (nSPS) is 23.9. The van der Waals surface area contributed by atoms with Crippen LogP contribution in [0.5, 0.6) is 0 Å². The number of rotatable bonds is 13. The molecule has 2 aliphatic rings. The maximum Gasteiger partial charge on any atom is 0.304 e. The van der Waals surface area contributed by atoms with Gasteiger partial charge in [0, 0.05) is 35.6 Å². The third-order valence-corrected chi connectivity index (χ3v) is 11.5. The van der Waals surface area contributed by atoms with Crippen molar-refractivity contribution in [3.05, 3.63) is 69.7 Å². The molecule has 1 N–H and O–H groups in total. The summed E-state index contributed by atoms with van der Waals surface area (Å²) in [5, 5.41) is 10.8. The lowest BCUT2D eigenvalue weighted by Gasteiger charge is -2.53. The average Bonchev–Trinajstić information content (AvgIpc) is 3.78. The molecule has 2 fully saturated rings. The zero-order valence-corrected chi connectivity index (χ0v) is 27.0. The molecule has 1 aliphatic heterocycles. The Morgan fingerprint density at radius 3 is 2.29 bits per heavy atom. The van der Waals surface area contributed by atoms with Crippen LogP contribution in [0.25, 0.3) is 0 Å². The van der Waals surface area contributed by atoms with E-state index in [0.717, 1.165) is 11.1 Å². The number of likely N-dealkylation sites (N-methyl/N-ethyl adjacent to an activating group) is 1. The van der Waals surface area contributed by atoms with Crippen LogP contribution in [0, 0.1) is 5.41 Å². The van der Waals surface area contributed by atoms with Crippen LogP contribution in [0.15, 0.2) is 48.5 Å². The van der Waals surface area contributed by atoms with Crippen molar-refractivity contribution in [3.63, 3.8) is 0 Å². The SMILES string of the molecule is CC[C@@H](CN(C)S(=O)(=O)C1CC1)N1C(=O)[C@@](CCN(C)C)(CC(=O)O)C[C@H](c2cccc(Cl)c2)[C@H]1c1ccc(Cl)cc1. The van der Waals surface area contributed by atoms with Crippen LogP contribution >= 0.6 is 23.2 Å². The molecule has 2 aromatic rings. The Labute approximate surface area is 259 Å². The van der Waals surface area contributed by atoms with Gasteiger partial charge in [0.15, 0.2) is 0 Å². The van der Waals surface area contributed by atoms with Crippen LogP contribution < -0.4 is 0 Å². The molecule has 1 aliphatic carbocycles. The van der Waals surface area contributed by atoms with Gasteiger partial charge in [-0.1, -0.05) is 54.4 Å². The van der Waals surface area contributed by atoms with Crippen LogP contribution in [0.4, 0.5) is 0 Å². The minimum atomic E-state index is -3.50. The molecule has 1 heterocycles. The van der Waals surface area contributed by atoms with Gasteiger partial charge >= 0.3 is 5.97 Å². The number of carboxylic acids is 1. The van der Waals surface area contributed by atoms with Gasteiger partial charge in [0.1, 0.15) is 0 Å². The summed E-state index contributed by atoms with van der Waals surface area (Å²) < 4.78 is 27.7. The van der Waals surface area contributed by atoms with E-state index >= 15 is 0 Å². The lowest BCUT2D eigenvalue weighted by Crippen LogP contribution is -2.59. The van der Waals surface area contributed by atoms with E-state index in [4.69, 9.17) is 23.2 Å². The van der Waals surface area contributed by atoms with E-state index in [0.29, 0.717) is 48.7 Å². The number of amides is 1. The highest BCUT2D eigenvalue weighted by Crippen LogP contribution is 2.54. The van der Waals surface area contributed by atoms with E-state index < -0.39 is 33.5 Å². The highest BCUT2D eigenvalue weighted by molar-refractivity contribution is 7.90. The molecule has 0 bridgehead atoms. The molecule has 4 rings (SSSR count). The quantitative estimate of drug-likeness (QED) is 0.304. The van der Waals surface area contributed by atoms with Gasteiger partial charge in [-0.05, 0) is 88.1 Å². The Morgan fingerprint density at radius 2 is 1.74 bits per heavy atom. The van der Waals surface area contributed by atoms with Crippen molar-refractivity contribution in [2.45, 2.75) is 68.7 Å². The molecule has 4 atom stereocenters. The van der Waals surface area contributed by atoms with E-state index in [1.165, 1.54) is 4.31 Å². The van der Waals surface area contributed by atoms with Gasteiger partial charge in [0.2, 0.25) is 15.9 Å². The second kappa shape index (κ2) is 13.2. The molecular formula is C31H41Cl2N3O5S. The van der Waals surface area contributed by atoms with E-state index in [1.807, 2.05) is 56.3 Å². The fraction of sp³-hybridized carbons (Fsp3) is 0.548. The first-order valence-electron chi connectivity index (χ1n) is 14.4. The first-order valence-corrected chi connectivity index (χ1v) is 16.7. The Bertz CT molecular complexity index is 1380. The van der Waals surface area contributed by atoms with Crippen LogP contribution in [-0.4, -0.2) is 85.0 Å². The molecule has 0 radical (unpaired) electrons. The Balaban J connectivity index is 1.91. The number of benzene rings is 2. The second-order valence-corrected chi connectivity index (χ2v) is 15.3. The van der Waals surface area contributed by atoms with E-state index in [-0.39, 0.29) is 30.0 Å². The first-order chi connectivity index (χ1) is 19.8. The standard InChI is InChI=1S/C31H41Cl2N3O5S/c1-5-25(20-35(4)42(40,41)26-13-14-26)36-29(21-9-11-23(32)12-10-21)27(22-7-6-8-24(33)17-22)18-31(30(36)39,19-28(37)38)15-16-34(2)3/h6-12,17,25-27,29H,5,13-16,18-20H2,1-4H3,(H,37,38)/t25-,27+,29+,31+/m0/s1. The molecular weight excluding hydrogens is 597 g/mol. The molecule has 0 spiro atoms. The van der Waals surface area contributed by atoms with Crippen LogP contribution in [0.2, 0.25) is 10.0 Å². The monoisotopic (exact) mass is 637 g/mol. The Kier molecular flexibility index (Phi) is 10.3. The van der Waals surface area contributed by atoms with Gasteiger partial charge in [-0.15, -0.1) is 0 Å². The molecule has 8 nitrogen and oxygen atoms in total. The molecule has 11 heteroatoms. The highest BCUT2D eigenvalue weighted by atomic mass is 35.5. The largest absolute Gasteiger partial charge is 0.481 e. The van der Waals surface area contributed by atoms with Gasteiger partial charge in [-0.25, -0.2) is 12.7 Å². The Morgan fingerprint density at radius 1 is 1.07 bits per heavy atom. The van der Waals surface area contributed by atoms with Crippen molar-refractivity contribution >= 4 is 45.1 Å². The van der Waals surface area contributed by atoms with Crippen molar-refractivity contribution in [2.75, 3.05) is 34.2 Å². The van der Waals surface area contributed by atoms with E-state index in [1.54, 1.807) is 30.1 Å². The number of likely N-dealkylation sites (tertiary alicyclic amines) is 1. The minimum absolute atomic E-state index is 0.115. The van der Waals surface area contributed by atoms with Crippen molar-refractivity contribution in [1.29, 1.82) is 0 Å². The summed E-state index contributed by atoms with van der Waals surface area (Å²) in [4.78, 5) is 31.0. The number of carboxylic acid groups (broad SMARTS) is 1. The predicted octanol–water partition coefficient (Wildman–Crippen LogP) is 5.67. The van der Waals surface area contributed by atoms with Gasteiger partial charge in [0.25, 0.3) is 0 Å². The molecule has 1 amide bonds. The summed E-state index contributed by atoms with van der Waals surface area (Å²) in [5.41, 5.74) is 0.543. The summed E-state index contributed by atoms with van der Waals surface area (Å²) in [6.07, 6.45) is 2.10. The summed E-state index contributed by atoms with van der Waals surface area (Å²) in [5.74, 6) is -1.60. The molecule has 2 aromatic carbocycles. The molecule has 230 valence electrons. The summed E-state index contributed by atoms with van der Waals surface area (Å²) in [7, 11) is 1.88. The maximum atomic E-state index is 14.9. The maximum absolute atomic E-state index is 14.9.